The second-order valence-corrected chi connectivity index (χ2v) is 10.3. The van der Waals surface area contributed by atoms with Crippen molar-refractivity contribution in [2.75, 3.05) is 27.9 Å². The summed E-state index contributed by atoms with van der Waals surface area (Å²) < 4.78 is 8.17. The Balaban J connectivity index is 1.24. The van der Waals surface area contributed by atoms with Gasteiger partial charge in [0.1, 0.15) is 5.75 Å². The minimum Gasteiger partial charge on any atom is -0.482 e. The molecule has 1 atom stereocenters. The van der Waals surface area contributed by atoms with E-state index in [0.717, 1.165) is 10.2 Å². The first-order valence-electron chi connectivity index (χ1n) is 11.3. The SMILES string of the molecule is CC(=O)Nc1ccc2nc(NC(=O)CSc3nnc([C@H](C)N4C(=O)COc5ccccc54)n3C)sc2c1. The molecule has 1 aliphatic rings. The van der Waals surface area contributed by atoms with Gasteiger partial charge in [0.05, 0.1) is 27.7 Å². The number of nitrogens with one attached hydrogen (secondary N) is 2. The molecule has 0 fully saturated rings. The molecule has 2 N–H and O–H groups in total. The van der Waals surface area contributed by atoms with Crippen LogP contribution in [0.15, 0.2) is 47.6 Å². The van der Waals surface area contributed by atoms with Crippen LogP contribution in [0.1, 0.15) is 25.7 Å². The highest BCUT2D eigenvalue weighted by atomic mass is 32.2. The van der Waals surface area contributed by atoms with Gasteiger partial charge in [0.2, 0.25) is 11.8 Å². The van der Waals surface area contributed by atoms with E-state index in [1.54, 1.807) is 21.6 Å². The average Bonchev–Trinajstić information content (AvgIpc) is 3.43. The van der Waals surface area contributed by atoms with Crippen LogP contribution in [0.3, 0.4) is 0 Å². The summed E-state index contributed by atoms with van der Waals surface area (Å²) in [5.74, 6) is 0.783. The lowest BCUT2D eigenvalue weighted by atomic mass is 10.1. The maximum atomic E-state index is 12.7. The smallest absolute Gasteiger partial charge is 0.265 e. The van der Waals surface area contributed by atoms with Crippen molar-refractivity contribution in [3.8, 4) is 5.75 Å². The molecule has 4 aromatic rings. The van der Waals surface area contributed by atoms with Crippen molar-refractivity contribution in [1.29, 1.82) is 0 Å². The molecule has 0 radical (unpaired) electrons. The predicted octanol–water partition coefficient (Wildman–Crippen LogP) is 3.60. The molecule has 37 heavy (non-hydrogen) atoms. The van der Waals surface area contributed by atoms with Crippen molar-refractivity contribution < 1.29 is 19.1 Å². The van der Waals surface area contributed by atoms with Gasteiger partial charge in [-0.15, -0.1) is 10.2 Å². The number of nitrogens with zero attached hydrogens (tertiary/aromatic N) is 5. The number of anilines is 3. The van der Waals surface area contributed by atoms with Gasteiger partial charge in [0.15, 0.2) is 22.7 Å². The lowest BCUT2D eigenvalue weighted by Gasteiger charge is -2.33. The summed E-state index contributed by atoms with van der Waals surface area (Å²) in [7, 11) is 1.81. The van der Waals surface area contributed by atoms with Crippen LogP contribution in [0.4, 0.5) is 16.5 Å². The standard InChI is InChI=1S/C24H23N7O4S2/c1-13(31-17-6-4-5-7-18(17)35-11-21(31)34)22-28-29-24(30(22)3)36-12-20(33)27-23-26-16-9-8-15(25-14(2)32)10-19(16)37-23/h4-10,13H,11-12H2,1-3H3,(H,25,32)(H,26,27,33)/t13-/m0/s1. The number of benzene rings is 2. The first-order chi connectivity index (χ1) is 17.8. The second-order valence-electron chi connectivity index (χ2n) is 8.32. The largest absolute Gasteiger partial charge is 0.482 e. The summed E-state index contributed by atoms with van der Waals surface area (Å²) in [6.45, 7) is 3.29. The topological polar surface area (TPSA) is 131 Å². The molecule has 1 aliphatic heterocycles. The van der Waals surface area contributed by atoms with E-state index in [-0.39, 0.29) is 36.1 Å². The molecule has 0 unspecified atom stereocenters. The summed E-state index contributed by atoms with van der Waals surface area (Å²) in [5, 5.41) is 15.1. The van der Waals surface area contributed by atoms with Gasteiger partial charge in [-0.1, -0.05) is 35.2 Å². The van der Waals surface area contributed by atoms with E-state index in [1.807, 2.05) is 44.3 Å². The summed E-state index contributed by atoms with van der Waals surface area (Å²) in [6.07, 6.45) is 0. The zero-order chi connectivity index (χ0) is 26.1. The van der Waals surface area contributed by atoms with Crippen molar-refractivity contribution in [1.82, 2.24) is 19.7 Å². The Kier molecular flexibility index (Phi) is 6.80. The first-order valence-corrected chi connectivity index (χ1v) is 13.1. The van der Waals surface area contributed by atoms with Gasteiger partial charge in [0, 0.05) is 19.7 Å². The Morgan fingerprint density at radius 2 is 2.00 bits per heavy atom. The molecule has 190 valence electrons. The van der Waals surface area contributed by atoms with E-state index in [9.17, 15) is 14.4 Å². The highest BCUT2D eigenvalue weighted by Gasteiger charge is 2.32. The monoisotopic (exact) mass is 537 g/mol. The molecule has 0 saturated carbocycles. The van der Waals surface area contributed by atoms with E-state index in [1.165, 1.54) is 30.0 Å². The van der Waals surface area contributed by atoms with E-state index in [0.29, 0.717) is 33.2 Å². The number of ether oxygens (including phenoxy) is 1. The van der Waals surface area contributed by atoms with Gasteiger partial charge in [-0.2, -0.15) is 0 Å². The van der Waals surface area contributed by atoms with Gasteiger partial charge in [-0.3, -0.25) is 19.3 Å². The highest BCUT2D eigenvalue weighted by Crippen LogP contribution is 2.37. The number of thiazole rings is 1. The maximum absolute atomic E-state index is 12.7. The highest BCUT2D eigenvalue weighted by molar-refractivity contribution is 7.99. The number of rotatable bonds is 7. The van der Waals surface area contributed by atoms with Crippen molar-refractivity contribution >= 4 is 67.5 Å². The van der Waals surface area contributed by atoms with E-state index in [2.05, 4.69) is 25.8 Å². The van der Waals surface area contributed by atoms with Gasteiger partial charge in [-0.25, -0.2) is 4.98 Å². The quantitative estimate of drug-likeness (QED) is 0.342. The van der Waals surface area contributed by atoms with E-state index < -0.39 is 0 Å². The zero-order valence-corrected chi connectivity index (χ0v) is 21.9. The zero-order valence-electron chi connectivity index (χ0n) is 20.2. The molecule has 2 aromatic carbocycles. The minimum atomic E-state index is -0.386. The van der Waals surface area contributed by atoms with Crippen molar-refractivity contribution in [2.24, 2.45) is 7.05 Å². The summed E-state index contributed by atoms with van der Waals surface area (Å²) in [5.41, 5.74) is 2.09. The maximum Gasteiger partial charge on any atom is 0.265 e. The van der Waals surface area contributed by atoms with Crippen LogP contribution in [0.25, 0.3) is 10.2 Å². The number of fused-ring (bicyclic) bond motifs is 2. The Hall–Kier alpha value is -3.97. The fourth-order valence-corrected chi connectivity index (χ4v) is 5.66. The van der Waals surface area contributed by atoms with Crippen molar-refractivity contribution in [3.05, 3.63) is 48.3 Å². The number of amides is 3. The number of carbonyl (C=O) groups is 3. The molecule has 5 rings (SSSR count). The molecular weight excluding hydrogens is 514 g/mol. The number of hydrogen-bond donors (Lipinski definition) is 2. The molecule has 13 heteroatoms. The number of thioether (sulfide) groups is 1. The number of para-hydroxylation sites is 2. The van der Waals surface area contributed by atoms with Gasteiger partial charge >= 0.3 is 0 Å². The second kappa shape index (κ2) is 10.2. The third kappa shape index (κ3) is 5.13. The van der Waals surface area contributed by atoms with Crippen LogP contribution >= 0.6 is 23.1 Å². The lowest BCUT2D eigenvalue weighted by Crippen LogP contribution is -2.41. The Labute approximate surface area is 220 Å². The molecule has 3 amide bonds. The Morgan fingerprint density at radius 3 is 2.81 bits per heavy atom. The number of carbonyl (C=O) groups excluding carboxylic acids is 3. The fraction of sp³-hybridized carbons (Fsp3) is 0.250. The molecule has 0 spiro atoms. The molecule has 11 nitrogen and oxygen atoms in total. The third-order valence-corrected chi connectivity index (χ3v) is 7.62. The number of hydrogen-bond acceptors (Lipinski definition) is 9. The predicted molar refractivity (Wildman–Crippen MR) is 142 cm³/mol. The van der Waals surface area contributed by atoms with Crippen LogP contribution in [-0.4, -0.2) is 49.8 Å². The van der Waals surface area contributed by atoms with Crippen LogP contribution in [0.2, 0.25) is 0 Å². The summed E-state index contributed by atoms with van der Waals surface area (Å²) in [6, 6.07) is 12.4. The third-order valence-electron chi connectivity index (χ3n) is 5.66. The average molecular weight is 538 g/mol. The van der Waals surface area contributed by atoms with Gasteiger partial charge in [-0.05, 0) is 37.3 Å². The molecule has 0 saturated heterocycles. The number of aromatic nitrogens is 4. The van der Waals surface area contributed by atoms with E-state index in [4.69, 9.17) is 4.74 Å². The van der Waals surface area contributed by atoms with Crippen molar-refractivity contribution in [2.45, 2.75) is 25.0 Å². The van der Waals surface area contributed by atoms with Crippen LogP contribution < -0.4 is 20.3 Å². The van der Waals surface area contributed by atoms with Gasteiger partial charge < -0.3 is 19.9 Å². The fourth-order valence-electron chi connectivity index (χ4n) is 4.02. The normalized spacial score (nSPS) is 13.7. The molecule has 0 aliphatic carbocycles. The molecule has 0 bridgehead atoms. The van der Waals surface area contributed by atoms with Crippen LogP contribution in [0, 0.1) is 0 Å². The first kappa shape index (κ1) is 24.7. The Bertz CT molecular complexity index is 1520. The van der Waals surface area contributed by atoms with Crippen LogP contribution in [-0.2, 0) is 21.4 Å². The summed E-state index contributed by atoms with van der Waals surface area (Å²) >= 11 is 2.57. The Morgan fingerprint density at radius 1 is 1.19 bits per heavy atom. The molecule has 2 aromatic heterocycles. The molecular formula is C24H23N7O4S2. The molecule has 3 heterocycles. The minimum absolute atomic E-state index is 0.0404. The van der Waals surface area contributed by atoms with Crippen molar-refractivity contribution in [3.63, 3.8) is 0 Å². The van der Waals surface area contributed by atoms with E-state index >= 15 is 0 Å². The van der Waals surface area contributed by atoms with Crippen LogP contribution in [0.5, 0.6) is 5.75 Å². The summed E-state index contributed by atoms with van der Waals surface area (Å²) in [4.78, 5) is 42.7. The van der Waals surface area contributed by atoms with Gasteiger partial charge in [0.25, 0.3) is 5.91 Å². The lowest BCUT2D eigenvalue weighted by molar-refractivity contribution is -0.122.